The first-order valence-corrected chi connectivity index (χ1v) is 7.95. The Labute approximate surface area is 133 Å². The lowest BCUT2D eigenvalue weighted by Gasteiger charge is -2.40. The quantitative estimate of drug-likeness (QED) is 0.760. The fourth-order valence-electron chi connectivity index (χ4n) is 3.68. The van der Waals surface area contributed by atoms with Gasteiger partial charge in [0.15, 0.2) is 0 Å². The second-order valence-electron chi connectivity index (χ2n) is 6.20. The molecule has 4 heterocycles. The van der Waals surface area contributed by atoms with Crippen molar-refractivity contribution < 1.29 is 4.79 Å². The molecular formula is C17H19N5O. The predicted octanol–water partition coefficient (Wildman–Crippen LogP) is 2.34. The van der Waals surface area contributed by atoms with Crippen molar-refractivity contribution in [2.24, 2.45) is 5.73 Å². The number of fused-ring (bicyclic) bond motifs is 3. The minimum Gasteiger partial charge on any atom is -0.368 e. The Balaban J connectivity index is 1.99. The maximum atomic E-state index is 12.0. The third-order valence-electron chi connectivity index (χ3n) is 4.77. The van der Waals surface area contributed by atoms with Crippen molar-refractivity contribution in [3.8, 4) is 0 Å². The fourth-order valence-corrected chi connectivity index (χ4v) is 3.68. The molecule has 23 heavy (non-hydrogen) atoms. The summed E-state index contributed by atoms with van der Waals surface area (Å²) in [6.45, 7) is 2.13. The molecule has 3 N–H and O–H groups in total. The Morgan fingerprint density at radius 1 is 1.35 bits per heavy atom. The van der Waals surface area contributed by atoms with Gasteiger partial charge in [0.2, 0.25) is 5.91 Å². The highest BCUT2D eigenvalue weighted by atomic mass is 16.1. The smallest absolute Gasteiger partial charge is 0.240 e. The summed E-state index contributed by atoms with van der Waals surface area (Å²) in [7, 11) is 0. The first kappa shape index (κ1) is 14.0. The molecule has 1 aliphatic rings. The van der Waals surface area contributed by atoms with Gasteiger partial charge in [-0.05, 0) is 38.3 Å². The van der Waals surface area contributed by atoms with E-state index >= 15 is 0 Å². The summed E-state index contributed by atoms with van der Waals surface area (Å²) in [4.78, 5) is 26.3. The lowest BCUT2D eigenvalue weighted by atomic mass is 9.95. The van der Waals surface area contributed by atoms with Crippen molar-refractivity contribution in [1.82, 2.24) is 15.0 Å². The largest absolute Gasteiger partial charge is 0.368 e. The van der Waals surface area contributed by atoms with Crippen LogP contribution in [-0.2, 0) is 4.79 Å². The lowest BCUT2D eigenvalue weighted by Crippen LogP contribution is -2.52. The lowest BCUT2D eigenvalue weighted by molar-refractivity contribution is -0.119. The van der Waals surface area contributed by atoms with Gasteiger partial charge in [-0.3, -0.25) is 4.79 Å². The molecule has 2 unspecified atom stereocenters. The molecule has 3 aromatic rings. The maximum Gasteiger partial charge on any atom is 0.240 e. The fraction of sp³-hybridized carbons (Fsp3) is 0.353. The molecule has 6 heteroatoms. The van der Waals surface area contributed by atoms with Gasteiger partial charge < -0.3 is 15.6 Å². The standard InChI is InChI=1S/C17H19N5O/c1-10-3-2-4-13(15(18)23)22(10)17-14-11(5-7-20-17)9-21-16-12(14)6-8-19-16/h5-10,13H,2-4H2,1H3,(H2,18,23)(H,19,21). The van der Waals surface area contributed by atoms with E-state index in [2.05, 4.69) is 26.8 Å². The molecular weight excluding hydrogens is 290 g/mol. The number of carbonyl (C=O) groups excluding carboxylic acids is 1. The Kier molecular flexibility index (Phi) is 3.18. The Bertz CT molecular complexity index is 887. The molecule has 0 spiro atoms. The van der Waals surface area contributed by atoms with E-state index in [1.54, 1.807) is 6.20 Å². The number of piperidine rings is 1. The third-order valence-corrected chi connectivity index (χ3v) is 4.77. The van der Waals surface area contributed by atoms with Crippen molar-refractivity contribution in [1.29, 1.82) is 0 Å². The summed E-state index contributed by atoms with van der Waals surface area (Å²) < 4.78 is 0. The molecule has 1 aliphatic heterocycles. The van der Waals surface area contributed by atoms with Crippen LogP contribution >= 0.6 is 0 Å². The second kappa shape index (κ2) is 5.22. The number of rotatable bonds is 2. The molecule has 0 bridgehead atoms. The minimum absolute atomic E-state index is 0.224. The molecule has 0 aliphatic carbocycles. The SMILES string of the molecule is CC1CCCC(C(N)=O)N1c1nccc2cnc3[nH]ccc3c12. The van der Waals surface area contributed by atoms with Crippen LogP contribution < -0.4 is 10.6 Å². The zero-order valence-corrected chi connectivity index (χ0v) is 13.0. The topological polar surface area (TPSA) is 87.9 Å². The molecule has 3 aromatic heterocycles. The number of H-pyrrole nitrogens is 1. The number of pyridine rings is 2. The van der Waals surface area contributed by atoms with Gasteiger partial charge in [-0.2, -0.15) is 0 Å². The summed E-state index contributed by atoms with van der Waals surface area (Å²) in [6, 6.07) is 3.87. The average molecular weight is 309 g/mol. The van der Waals surface area contributed by atoms with Crippen LogP contribution in [0.15, 0.2) is 30.7 Å². The number of hydrogen-bond donors (Lipinski definition) is 2. The van der Waals surface area contributed by atoms with E-state index in [1.165, 1.54) is 0 Å². The van der Waals surface area contributed by atoms with E-state index in [1.807, 2.05) is 24.5 Å². The summed E-state index contributed by atoms with van der Waals surface area (Å²) in [6.07, 6.45) is 8.31. The van der Waals surface area contributed by atoms with Gasteiger partial charge in [-0.15, -0.1) is 0 Å². The van der Waals surface area contributed by atoms with Crippen LogP contribution in [-0.4, -0.2) is 32.9 Å². The zero-order valence-electron chi connectivity index (χ0n) is 13.0. The van der Waals surface area contributed by atoms with Crippen molar-refractivity contribution in [2.75, 3.05) is 4.90 Å². The summed E-state index contributed by atoms with van der Waals surface area (Å²) >= 11 is 0. The Morgan fingerprint density at radius 3 is 3.04 bits per heavy atom. The van der Waals surface area contributed by atoms with Gasteiger partial charge in [-0.25, -0.2) is 9.97 Å². The van der Waals surface area contributed by atoms with Crippen LogP contribution in [0.5, 0.6) is 0 Å². The number of primary amides is 1. The monoisotopic (exact) mass is 309 g/mol. The van der Waals surface area contributed by atoms with E-state index in [0.717, 1.165) is 46.9 Å². The zero-order chi connectivity index (χ0) is 16.0. The van der Waals surface area contributed by atoms with Gasteiger partial charge in [0.05, 0.1) is 0 Å². The van der Waals surface area contributed by atoms with Crippen molar-refractivity contribution >= 4 is 33.5 Å². The van der Waals surface area contributed by atoms with Gasteiger partial charge >= 0.3 is 0 Å². The normalized spacial score (nSPS) is 21.9. The second-order valence-corrected chi connectivity index (χ2v) is 6.20. The van der Waals surface area contributed by atoms with Crippen molar-refractivity contribution in [3.63, 3.8) is 0 Å². The van der Waals surface area contributed by atoms with E-state index in [-0.39, 0.29) is 18.0 Å². The third kappa shape index (κ3) is 2.13. The number of aromatic nitrogens is 3. The highest BCUT2D eigenvalue weighted by molar-refractivity contribution is 6.10. The molecule has 0 aromatic carbocycles. The average Bonchev–Trinajstić information content (AvgIpc) is 3.02. The molecule has 2 atom stereocenters. The van der Waals surface area contributed by atoms with Gasteiger partial charge in [-0.1, -0.05) is 0 Å². The number of amides is 1. The Morgan fingerprint density at radius 2 is 2.22 bits per heavy atom. The van der Waals surface area contributed by atoms with Crippen molar-refractivity contribution in [2.45, 2.75) is 38.3 Å². The highest BCUT2D eigenvalue weighted by Gasteiger charge is 2.33. The Hall–Kier alpha value is -2.63. The van der Waals surface area contributed by atoms with E-state index in [0.29, 0.717) is 0 Å². The predicted molar refractivity (Wildman–Crippen MR) is 90.2 cm³/mol. The minimum atomic E-state index is -0.306. The molecule has 1 saturated heterocycles. The number of nitrogens with zero attached hydrogens (tertiary/aromatic N) is 3. The van der Waals surface area contributed by atoms with Crippen LogP contribution in [0.25, 0.3) is 21.8 Å². The van der Waals surface area contributed by atoms with E-state index in [9.17, 15) is 4.79 Å². The van der Waals surface area contributed by atoms with Crippen molar-refractivity contribution in [3.05, 3.63) is 30.7 Å². The maximum absolute atomic E-state index is 12.0. The van der Waals surface area contributed by atoms with Gasteiger partial charge in [0, 0.05) is 40.8 Å². The molecule has 1 amide bonds. The number of hydrogen-bond acceptors (Lipinski definition) is 4. The van der Waals surface area contributed by atoms with Crippen LogP contribution in [0.2, 0.25) is 0 Å². The summed E-state index contributed by atoms with van der Waals surface area (Å²) in [5, 5.41) is 3.06. The highest BCUT2D eigenvalue weighted by Crippen LogP contribution is 2.35. The van der Waals surface area contributed by atoms with Crippen LogP contribution in [0, 0.1) is 0 Å². The first-order chi connectivity index (χ1) is 11.2. The number of anilines is 1. The number of nitrogens with one attached hydrogen (secondary N) is 1. The number of aromatic amines is 1. The number of carbonyl (C=O) groups is 1. The number of nitrogens with two attached hydrogens (primary N) is 1. The summed E-state index contributed by atoms with van der Waals surface area (Å²) in [5.41, 5.74) is 6.49. The van der Waals surface area contributed by atoms with Crippen LogP contribution in [0.1, 0.15) is 26.2 Å². The molecule has 4 rings (SSSR count). The molecule has 0 saturated carbocycles. The molecule has 1 fully saturated rings. The van der Waals surface area contributed by atoms with E-state index in [4.69, 9.17) is 5.73 Å². The molecule has 0 radical (unpaired) electrons. The molecule has 6 nitrogen and oxygen atoms in total. The molecule has 118 valence electrons. The summed E-state index contributed by atoms with van der Waals surface area (Å²) in [5.74, 6) is 0.542. The van der Waals surface area contributed by atoms with E-state index < -0.39 is 0 Å². The van der Waals surface area contributed by atoms with Crippen LogP contribution in [0.4, 0.5) is 5.82 Å². The van der Waals surface area contributed by atoms with Gasteiger partial charge in [0.25, 0.3) is 0 Å². The first-order valence-electron chi connectivity index (χ1n) is 7.95. The van der Waals surface area contributed by atoms with Crippen LogP contribution in [0.3, 0.4) is 0 Å². The van der Waals surface area contributed by atoms with Gasteiger partial charge in [0.1, 0.15) is 17.5 Å².